The second-order valence-corrected chi connectivity index (χ2v) is 5.93. The molecule has 2 aromatic carbocycles. The molecule has 0 atom stereocenters. The number of hydrogen-bond acceptors (Lipinski definition) is 5. The van der Waals surface area contributed by atoms with Crippen LogP contribution >= 0.6 is 11.6 Å². The van der Waals surface area contributed by atoms with Crippen LogP contribution in [0.15, 0.2) is 51.7 Å². The largest absolute Gasteiger partial charge is 0.491 e. The van der Waals surface area contributed by atoms with Crippen LogP contribution < -0.4 is 10.2 Å². The highest BCUT2D eigenvalue weighted by atomic mass is 35.5. The van der Waals surface area contributed by atoms with Gasteiger partial charge in [-0.2, -0.15) is 0 Å². The van der Waals surface area contributed by atoms with Crippen molar-refractivity contribution in [1.82, 2.24) is 0 Å². The summed E-state index contributed by atoms with van der Waals surface area (Å²) in [6.07, 6.45) is 0. The van der Waals surface area contributed by atoms with Crippen LogP contribution in [0.2, 0.25) is 5.02 Å². The van der Waals surface area contributed by atoms with E-state index in [0.717, 1.165) is 6.07 Å². The summed E-state index contributed by atoms with van der Waals surface area (Å²) in [4.78, 5) is 22.5. The van der Waals surface area contributed by atoms with Crippen molar-refractivity contribution in [2.75, 3.05) is 19.8 Å². The van der Waals surface area contributed by atoms with Gasteiger partial charge in [-0.05, 0) is 36.4 Å². The zero-order valence-corrected chi connectivity index (χ0v) is 14.7. The van der Waals surface area contributed by atoms with Gasteiger partial charge in [-0.3, -0.25) is 4.79 Å². The van der Waals surface area contributed by atoms with E-state index in [4.69, 9.17) is 30.6 Å². The number of fused-ring (bicyclic) bond motifs is 1. The normalized spacial score (nSPS) is 10.9. The SMILES string of the molecule is O=C(O)COCCOc1ccc(-c2cc(=O)c3c(F)ccc(Cl)c3o2)cc1. The van der Waals surface area contributed by atoms with E-state index in [1.807, 2.05) is 0 Å². The lowest BCUT2D eigenvalue weighted by atomic mass is 10.1. The molecule has 1 N–H and O–H groups in total. The van der Waals surface area contributed by atoms with E-state index >= 15 is 0 Å². The Morgan fingerprint density at radius 1 is 1.15 bits per heavy atom. The number of carbonyl (C=O) groups is 1. The molecule has 0 aliphatic carbocycles. The fourth-order valence-electron chi connectivity index (χ4n) is 2.43. The van der Waals surface area contributed by atoms with E-state index in [-0.39, 0.29) is 41.6 Å². The lowest BCUT2D eigenvalue weighted by Gasteiger charge is -2.08. The molecule has 1 aromatic heterocycles. The number of hydrogen-bond donors (Lipinski definition) is 1. The highest BCUT2D eigenvalue weighted by Crippen LogP contribution is 2.29. The third kappa shape index (κ3) is 4.45. The minimum atomic E-state index is -1.05. The highest BCUT2D eigenvalue weighted by Gasteiger charge is 2.13. The maximum absolute atomic E-state index is 13.9. The minimum absolute atomic E-state index is 0.00456. The summed E-state index contributed by atoms with van der Waals surface area (Å²) >= 11 is 6.02. The van der Waals surface area contributed by atoms with E-state index in [2.05, 4.69) is 0 Å². The van der Waals surface area contributed by atoms with E-state index in [0.29, 0.717) is 11.3 Å². The van der Waals surface area contributed by atoms with Crippen molar-refractivity contribution in [3.05, 3.63) is 63.5 Å². The lowest BCUT2D eigenvalue weighted by molar-refractivity contribution is -0.142. The summed E-state index contributed by atoms with van der Waals surface area (Å²) < 4.78 is 29.8. The van der Waals surface area contributed by atoms with Gasteiger partial charge in [0.25, 0.3) is 0 Å². The molecular formula is C19H14ClFO6. The molecular weight excluding hydrogens is 379 g/mol. The molecule has 1 heterocycles. The molecule has 0 aliphatic heterocycles. The summed E-state index contributed by atoms with van der Waals surface area (Å²) in [5.41, 5.74) is 0.0565. The first-order valence-electron chi connectivity index (χ1n) is 7.90. The number of carboxylic acid groups (broad SMARTS) is 1. The molecule has 6 nitrogen and oxygen atoms in total. The molecule has 0 spiro atoms. The smallest absolute Gasteiger partial charge is 0.329 e. The van der Waals surface area contributed by atoms with E-state index in [1.165, 1.54) is 12.1 Å². The average Bonchev–Trinajstić information content (AvgIpc) is 2.64. The first-order valence-corrected chi connectivity index (χ1v) is 8.28. The topological polar surface area (TPSA) is 86.0 Å². The van der Waals surface area contributed by atoms with Crippen LogP contribution in [0.4, 0.5) is 4.39 Å². The third-order valence-electron chi connectivity index (χ3n) is 3.64. The second kappa shape index (κ2) is 8.20. The Labute approximate surface area is 157 Å². The number of aliphatic carboxylic acids is 1. The molecule has 140 valence electrons. The zero-order chi connectivity index (χ0) is 19.4. The van der Waals surface area contributed by atoms with Crippen molar-refractivity contribution in [1.29, 1.82) is 0 Å². The monoisotopic (exact) mass is 392 g/mol. The van der Waals surface area contributed by atoms with Crippen molar-refractivity contribution in [3.63, 3.8) is 0 Å². The summed E-state index contributed by atoms with van der Waals surface area (Å²) in [5.74, 6) is -0.957. The van der Waals surface area contributed by atoms with Gasteiger partial charge in [-0.1, -0.05) is 11.6 Å². The minimum Gasteiger partial charge on any atom is -0.491 e. The number of rotatable bonds is 7. The van der Waals surface area contributed by atoms with Gasteiger partial charge in [0.2, 0.25) is 0 Å². The van der Waals surface area contributed by atoms with Crippen LogP contribution in [0.3, 0.4) is 0 Å². The Morgan fingerprint density at radius 3 is 2.59 bits per heavy atom. The Morgan fingerprint density at radius 2 is 1.89 bits per heavy atom. The molecule has 27 heavy (non-hydrogen) atoms. The molecule has 0 amide bonds. The van der Waals surface area contributed by atoms with Crippen LogP contribution in [0, 0.1) is 5.82 Å². The van der Waals surface area contributed by atoms with Crippen molar-refractivity contribution >= 4 is 28.5 Å². The fraction of sp³-hybridized carbons (Fsp3) is 0.158. The summed E-state index contributed by atoms with van der Waals surface area (Å²) in [5, 5.41) is 8.42. The Balaban J connectivity index is 1.76. The van der Waals surface area contributed by atoms with Crippen molar-refractivity contribution in [2.24, 2.45) is 0 Å². The third-order valence-corrected chi connectivity index (χ3v) is 3.94. The summed E-state index contributed by atoms with van der Waals surface area (Å²) in [6.45, 7) is -0.0588. The zero-order valence-electron chi connectivity index (χ0n) is 13.9. The van der Waals surface area contributed by atoms with Crippen LogP contribution in [0.25, 0.3) is 22.3 Å². The number of carboxylic acids is 1. The molecule has 3 rings (SSSR count). The number of ether oxygens (including phenoxy) is 2. The second-order valence-electron chi connectivity index (χ2n) is 5.53. The van der Waals surface area contributed by atoms with Gasteiger partial charge in [-0.25, -0.2) is 9.18 Å². The maximum Gasteiger partial charge on any atom is 0.329 e. The molecule has 8 heteroatoms. The molecule has 0 aliphatic rings. The first kappa shape index (κ1) is 18.9. The Bertz CT molecular complexity index is 1030. The van der Waals surface area contributed by atoms with Gasteiger partial charge < -0.3 is 19.0 Å². The van der Waals surface area contributed by atoms with Gasteiger partial charge in [0.1, 0.15) is 35.9 Å². The highest BCUT2D eigenvalue weighted by molar-refractivity contribution is 6.34. The molecule has 0 saturated carbocycles. The fourth-order valence-corrected chi connectivity index (χ4v) is 2.62. The molecule has 3 aromatic rings. The van der Waals surface area contributed by atoms with Gasteiger partial charge in [0.15, 0.2) is 11.0 Å². The molecule has 0 bridgehead atoms. The van der Waals surface area contributed by atoms with E-state index in [1.54, 1.807) is 24.3 Å². The van der Waals surface area contributed by atoms with Crippen LogP contribution in [-0.4, -0.2) is 30.9 Å². The molecule has 0 fully saturated rings. The van der Waals surface area contributed by atoms with Gasteiger partial charge >= 0.3 is 5.97 Å². The van der Waals surface area contributed by atoms with E-state index < -0.39 is 17.2 Å². The van der Waals surface area contributed by atoms with Gasteiger partial charge in [-0.15, -0.1) is 0 Å². The van der Waals surface area contributed by atoms with E-state index in [9.17, 15) is 14.0 Å². The van der Waals surface area contributed by atoms with Crippen LogP contribution in [0.5, 0.6) is 5.75 Å². The van der Waals surface area contributed by atoms with Gasteiger partial charge in [0, 0.05) is 11.6 Å². The predicted octanol–water partition coefficient (Wildman–Crippen LogP) is 3.73. The standard InChI is InChI=1S/C19H14ClFO6/c20-13-5-6-14(21)18-15(22)9-16(27-19(13)18)11-1-3-12(4-2-11)26-8-7-25-10-17(23)24/h1-6,9H,7-8,10H2,(H,23,24). The first-order chi connectivity index (χ1) is 13.0. The molecule has 0 saturated heterocycles. The van der Waals surface area contributed by atoms with Crippen LogP contribution in [-0.2, 0) is 9.53 Å². The van der Waals surface area contributed by atoms with Crippen LogP contribution in [0.1, 0.15) is 0 Å². The number of halogens is 2. The predicted molar refractivity (Wildman–Crippen MR) is 96.8 cm³/mol. The molecule has 0 unspecified atom stereocenters. The average molecular weight is 393 g/mol. The lowest BCUT2D eigenvalue weighted by Crippen LogP contribution is -2.12. The van der Waals surface area contributed by atoms with Gasteiger partial charge in [0.05, 0.1) is 11.6 Å². The van der Waals surface area contributed by atoms with Crippen molar-refractivity contribution in [3.8, 4) is 17.1 Å². The Hall–Kier alpha value is -2.90. The quantitative estimate of drug-likeness (QED) is 0.616. The Kier molecular flexibility index (Phi) is 5.73. The number of benzene rings is 2. The summed E-state index contributed by atoms with van der Waals surface area (Å²) in [6, 6.07) is 10.3. The van der Waals surface area contributed by atoms with Crippen molar-refractivity contribution in [2.45, 2.75) is 0 Å². The van der Waals surface area contributed by atoms with Crippen molar-refractivity contribution < 1.29 is 28.2 Å². The molecule has 0 radical (unpaired) electrons. The summed E-state index contributed by atoms with van der Waals surface area (Å²) in [7, 11) is 0. The maximum atomic E-state index is 13.9.